The zero-order chi connectivity index (χ0) is 17.4. The minimum Gasteiger partial charge on any atom is -0.496 e. The molecule has 0 saturated carbocycles. The molecular formula is C18H29NO4. The second-order valence-corrected chi connectivity index (χ2v) is 5.90. The van der Waals surface area contributed by atoms with E-state index >= 15 is 0 Å². The summed E-state index contributed by atoms with van der Waals surface area (Å²) in [5.41, 5.74) is 2.03. The first-order chi connectivity index (χ1) is 10.9. The van der Waals surface area contributed by atoms with Crippen LogP contribution in [0.2, 0.25) is 0 Å². The summed E-state index contributed by atoms with van der Waals surface area (Å²) in [6, 6.07) is 5.91. The first kappa shape index (κ1) is 19.5. The third-order valence-electron chi connectivity index (χ3n) is 3.92. The number of hydrogen-bond acceptors (Lipinski definition) is 4. The summed E-state index contributed by atoms with van der Waals surface area (Å²) in [7, 11) is 3.21. The van der Waals surface area contributed by atoms with Gasteiger partial charge in [-0.2, -0.15) is 0 Å². The van der Waals surface area contributed by atoms with Crippen molar-refractivity contribution < 1.29 is 19.4 Å². The third-order valence-corrected chi connectivity index (χ3v) is 3.92. The van der Waals surface area contributed by atoms with E-state index in [2.05, 4.69) is 0 Å². The summed E-state index contributed by atoms with van der Waals surface area (Å²) in [6.45, 7) is 6.48. The lowest BCUT2D eigenvalue weighted by molar-refractivity contribution is -0.135. The van der Waals surface area contributed by atoms with Gasteiger partial charge in [0, 0.05) is 25.8 Å². The standard InChI is InChI=1S/C18H29NO4/c1-6-16(20)12-19(18(21)10-14(3)22-4)11-15-8-7-13(2)9-17(15)23-5/h7-9,14,16,20H,6,10-12H2,1-5H3/t14?,16-/m1/s1. The number of aliphatic hydroxyl groups is 1. The van der Waals surface area contributed by atoms with E-state index < -0.39 is 6.10 Å². The molecule has 0 aliphatic heterocycles. The maximum absolute atomic E-state index is 12.5. The summed E-state index contributed by atoms with van der Waals surface area (Å²) in [5.74, 6) is 0.725. The number of carbonyl (C=O) groups is 1. The molecule has 0 heterocycles. The lowest BCUT2D eigenvalue weighted by Gasteiger charge is -2.27. The van der Waals surface area contributed by atoms with Gasteiger partial charge in [-0.3, -0.25) is 4.79 Å². The molecule has 1 rings (SSSR count). The summed E-state index contributed by atoms with van der Waals surface area (Å²) < 4.78 is 10.6. The van der Waals surface area contributed by atoms with E-state index in [1.807, 2.05) is 39.0 Å². The predicted octanol–water partition coefficient (Wildman–Crippen LogP) is 2.53. The Morgan fingerprint density at radius 2 is 2.04 bits per heavy atom. The molecule has 2 atom stereocenters. The Morgan fingerprint density at radius 3 is 2.61 bits per heavy atom. The van der Waals surface area contributed by atoms with Crippen molar-refractivity contribution in [1.29, 1.82) is 0 Å². The molecule has 0 bridgehead atoms. The number of ether oxygens (including phenoxy) is 2. The highest BCUT2D eigenvalue weighted by molar-refractivity contribution is 5.76. The predicted molar refractivity (Wildman–Crippen MR) is 90.5 cm³/mol. The monoisotopic (exact) mass is 323 g/mol. The quantitative estimate of drug-likeness (QED) is 0.759. The number of methoxy groups -OCH3 is 2. The van der Waals surface area contributed by atoms with Gasteiger partial charge < -0.3 is 19.5 Å². The van der Waals surface area contributed by atoms with Gasteiger partial charge >= 0.3 is 0 Å². The van der Waals surface area contributed by atoms with Crippen LogP contribution in [-0.4, -0.2) is 48.9 Å². The van der Waals surface area contributed by atoms with Crippen molar-refractivity contribution in [1.82, 2.24) is 4.90 Å². The average Bonchev–Trinajstić information content (AvgIpc) is 2.54. The van der Waals surface area contributed by atoms with Crippen molar-refractivity contribution >= 4 is 5.91 Å². The van der Waals surface area contributed by atoms with Gasteiger partial charge in [0.25, 0.3) is 0 Å². The largest absolute Gasteiger partial charge is 0.496 e. The molecule has 1 aromatic carbocycles. The highest BCUT2D eigenvalue weighted by Crippen LogP contribution is 2.22. The topological polar surface area (TPSA) is 59.0 Å². The maximum atomic E-state index is 12.5. The number of rotatable bonds is 9. The second kappa shape index (κ2) is 9.53. The molecule has 0 aliphatic rings. The molecule has 5 nitrogen and oxygen atoms in total. The Kier molecular flexibility index (Phi) is 8.06. The SMILES string of the molecule is CC[C@@H](O)CN(Cc1ccc(C)cc1OC)C(=O)CC(C)OC. The smallest absolute Gasteiger partial charge is 0.225 e. The van der Waals surface area contributed by atoms with Crippen LogP contribution in [0.4, 0.5) is 0 Å². The fourth-order valence-electron chi connectivity index (χ4n) is 2.28. The summed E-state index contributed by atoms with van der Waals surface area (Å²) in [6.07, 6.45) is 0.215. The minimum atomic E-state index is -0.534. The third kappa shape index (κ3) is 6.20. The molecule has 0 fully saturated rings. The van der Waals surface area contributed by atoms with Gasteiger partial charge in [0.15, 0.2) is 0 Å². The summed E-state index contributed by atoms with van der Waals surface area (Å²) in [5, 5.41) is 9.96. The number of amides is 1. The Morgan fingerprint density at radius 1 is 1.35 bits per heavy atom. The van der Waals surface area contributed by atoms with Gasteiger partial charge in [0.05, 0.1) is 25.7 Å². The number of aliphatic hydroxyl groups excluding tert-OH is 1. The molecule has 5 heteroatoms. The van der Waals surface area contributed by atoms with Crippen LogP contribution in [0.1, 0.15) is 37.8 Å². The first-order valence-electron chi connectivity index (χ1n) is 8.03. The van der Waals surface area contributed by atoms with Crippen molar-refractivity contribution in [3.63, 3.8) is 0 Å². The van der Waals surface area contributed by atoms with Crippen molar-refractivity contribution in [3.05, 3.63) is 29.3 Å². The van der Waals surface area contributed by atoms with E-state index in [4.69, 9.17) is 9.47 Å². The Bertz CT molecular complexity index is 504. The fraction of sp³-hybridized carbons (Fsp3) is 0.611. The number of carbonyl (C=O) groups excluding carboxylic acids is 1. The molecule has 1 aromatic rings. The van der Waals surface area contributed by atoms with Crippen molar-refractivity contribution in [2.75, 3.05) is 20.8 Å². The maximum Gasteiger partial charge on any atom is 0.225 e. The van der Waals surface area contributed by atoms with E-state index in [1.165, 1.54) is 0 Å². The molecule has 0 radical (unpaired) electrons. The molecule has 130 valence electrons. The Labute approximate surface area is 139 Å². The molecule has 1 N–H and O–H groups in total. The number of benzene rings is 1. The molecule has 1 unspecified atom stereocenters. The Balaban J connectivity index is 2.94. The second-order valence-electron chi connectivity index (χ2n) is 5.90. The zero-order valence-electron chi connectivity index (χ0n) is 14.8. The molecule has 0 spiro atoms. The normalized spacial score (nSPS) is 13.5. The molecular weight excluding hydrogens is 294 g/mol. The van der Waals surface area contributed by atoms with E-state index in [0.717, 1.165) is 16.9 Å². The van der Waals surface area contributed by atoms with Crippen molar-refractivity contribution in [2.45, 2.75) is 52.4 Å². The van der Waals surface area contributed by atoms with Crippen LogP contribution in [0, 0.1) is 6.92 Å². The zero-order valence-corrected chi connectivity index (χ0v) is 14.8. The Hall–Kier alpha value is -1.59. The van der Waals surface area contributed by atoms with Crippen LogP contribution in [0.3, 0.4) is 0 Å². The minimum absolute atomic E-state index is 0.0329. The van der Waals surface area contributed by atoms with Crippen LogP contribution in [-0.2, 0) is 16.1 Å². The molecule has 23 heavy (non-hydrogen) atoms. The van der Waals surface area contributed by atoms with Crippen LogP contribution in [0.15, 0.2) is 18.2 Å². The number of aryl methyl sites for hydroxylation is 1. The number of nitrogens with zero attached hydrogens (tertiary/aromatic N) is 1. The van der Waals surface area contributed by atoms with E-state index in [9.17, 15) is 9.90 Å². The van der Waals surface area contributed by atoms with Gasteiger partial charge in [-0.1, -0.05) is 19.1 Å². The molecule has 0 aromatic heterocycles. The van der Waals surface area contributed by atoms with Crippen LogP contribution in [0.5, 0.6) is 5.75 Å². The van der Waals surface area contributed by atoms with E-state index in [0.29, 0.717) is 25.9 Å². The number of hydrogen-bond donors (Lipinski definition) is 1. The van der Waals surface area contributed by atoms with Gasteiger partial charge in [-0.25, -0.2) is 0 Å². The lowest BCUT2D eigenvalue weighted by atomic mass is 10.1. The molecule has 1 amide bonds. The summed E-state index contributed by atoms with van der Waals surface area (Å²) >= 11 is 0. The molecule has 0 saturated heterocycles. The van der Waals surface area contributed by atoms with Crippen LogP contribution in [0.25, 0.3) is 0 Å². The van der Waals surface area contributed by atoms with Crippen molar-refractivity contribution in [2.24, 2.45) is 0 Å². The van der Waals surface area contributed by atoms with Gasteiger partial charge in [0.1, 0.15) is 5.75 Å². The molecule has 0 aliphatic carbocycles. The average molecular weight is 323 g/mol. The summed E-state index contributed by atoms with van der Waals surface area (Å²) in [4.78, 5) is 14.2. The van der Waals surface area contributed by atoms with E-state index in [-0.39, 0.29) is 12.0 Å². The van der Waals surface area contributed by atoms with Gasteiger partial charge in [-0.05, 0) is 31.9 Å². The van der Waals surface area contributed by atoms with Crippen LogP contribution < -0.4 is 4.74 Å². The highest BCUT2D eigenvalue weighted by Gasteiger charge is 2.20. The fourth-order valence-corrected chi connectivity index (χ4v) is 2.28. The van der Waals surface area contributed by atoms with Gasteiger partial charge in [0.2, 0.25) is 5.91 Å². The van der Waals surface area contributed by atoms with Crippen LogP contribution >= 0.6 is 0 Å². The highest BCUT2D eigenvalue weighted by atomic mass is 16.5. The first-order valence-corrected chi connectivity index (χ1v) is 8.03. The van der Waals surface area contributed by atoms with E-state index in [1.54, 1.807) is 19.1 Å². The van der Waals surface area contributed by atoms with Gasteiger partial charge in [-0.15, -0.1) is 0 Å². The lowest BCUT2D eigenvalue weighted by Crippen LogP contribution is -2.38. The van der Waals surface area contributed by atoms with Crippen molar-refractivity contribution in [3.8, 4) is 5.75 Å².